The molecule has 0 bridgehead atoms. The molecule has 2 aliphatic rings. The van der Waals surface area contributed by atoms with Crippen LogP contribution < -0.4 is 14.7 Å². The second-order valence-electron chi connectivity index (χ2n) is 23.3. The number of pyridine rings is 2. The second kappa shape index (κ2) is 21.6. The van der Waals surface area contributed by atoms with Crippen LogP contribution in [0, 0.1) is 0 Å². The van der Waals surface area contributed by atoms with Crippen molar-refractivity contribution in [2.75, 3.05) is 14.7 Å². The third kappa shape index (κ3) is 8.76. The maximum Gasteiger partial charge on any atom is 0.140 e. The van der Waals surface area contributed by atoms with E-state index in [1.165, 1.54) is 43.6 Å². The van der Waals surface area contributed by atoms with Gasteiger partial charge in [-0.2, -0.15) is 0 Å². The van der Waals surface area contributed by atoms with Gasteiger partial charge in [0.25, 0.3) is 0 Å². The van der Waals surface area contributed by atoms with E-state index in [1.807, 2.05) is 0 Å². The maximum absolute atomic E-state index is 5.58. The SMILES string of the molecule is C1=CC2c3ccccc3N(c3cccc(N(c4ccc(Sc5ccc(N(c6cccc(-n7c8ccccc8c8ccccc87)c6)c6cccc(-n7c8ccccc8c8ccccc87)n6)cc5)cc4)c4cccc(-n5c6ccccc6c6ccccc65)n4)c3)C2C=C1. The van der Waals surface area contributed by atoms with E-state index in [0.29, 0.717) is 0 Å². The van der Waals surface area contributed by atoms with Crippen molar-refractivity contribution in [1.82, 2.24) is 23.7 Å². The first-order valence-corrected chi connectivity index (χ1v) is 31.8. The molecule has 16 aromatic rings. The van der Waals surface area contributed by atoms with E-state index in [2.05, 4.69) is 356 Å². The summed E-state index contributed by atoms with van der Waals surface area (Å²) in [6.07, 6.45) is 9.04. The van der Waals surface area contributed by atoms with Crippen LogP contribution in [0.4, 0.5) is 45.8 Å². The summed E-state index contributed by atoms with van der Waals surface area (Å²) in [4.78, 5) is 20.5. The Morgan fingerprint density at radius 1 is 0.308 bits per heavy atom. The fourth-order valence-electron chi connectivity index (χ4n) is 14.3. The number of benzene rings is 11. The quantitative estimate of drug-likeness (QED) is 0.121. The van der Waals surface area contributed by atoms with E-state index in [1.54, 1.807) is 11.8 Å². The van der Waals surface area contributed by atoms with Gasteiger partial charge in [-0.15, -0.1) is 0 Å². The molecular formula is C82H56N8S. The summed E-state index contributed by atoms with van der Waals surface area (Å²) < 4.78 is 6.96. The molecule has 6 heterocycles. The Labute approximate surface area is 530 Å². The van der Waals surface area contributed by atoms with Crippen LogP contribution in [0.15, 0.2) is 337 Å². The molecule has 5 aromatic heterocycles. The van der Waals surface area contributed by atoms with Crippen LogP contribution in [0.5, 0.6) is 0 Å². The molecule has 2 atom stereocenters. The largest absolute Gasteiger partial charge is 0.333 e. The lowest BCUT2D eigenvalue weighted by Crippen LogP contribution is -2.28. The minimum atomic E-state index is 0.167. The highest BCUT2D eigenvalue weighted by molar-refractivity contribution is 7.99. The Bertz CT molecular complexity index is 5260. The first-order chi connectivity index (χ1) is 45.1. The Hall–Kier alpha value is -11.7. The Morgan fingerprint density at radius 3 is 1.16 bits per heavy atom. The molecule has 11 aromatic carbocycles. The van der Waals surface area contributed by atoms with Gasteiger partial charge in [0, 0.05) is 87.8 Å². The van der Waals surface area contributed by atoms with Crippen molar-refractivity contribution in [1.29, 1.82) is 0 Å². The molecule has 0 saturated carbocycles. The number of hydrogen-bond donors (Lipinski definition) is 0. The van der Waals surface area contributed by atoms with Crippen LogP contribution in [-0.2, 0) is 0 Å². The van der Waals surface area contributed by atoms with Crippen LogP contribution in [0.25, 0.3) is 82.7 Å². The standard InChI is InChI=1S/C82H56N8S/c1-9-33-71-63(25-1)64-26-2-10-34-72(64)87(71)59-23-17-21-57(53-59)85(79-41-19-43-81(83-79)89-75-37-13-5-29-67(75)68-30-6-14-38-76(68)89)55-45-49-61(50-46-55)91-62-51-47-56(48-52-62)86(58-22-18-24-60(54-58)88-73-35-11-3-27-65(73)66-28-4-12-36-74(66)88)80-42-20-44-82(84-80)90-77-39-15-7-31-69(77)70-32-8-16-40-78(70)90/h1-54,63,71H. The first-order valence-electron chi connectivity index (χ1n) is 31.0. The average molecular weight is 1190 g/mol. The van der Waals surface area contributed by atoms with Crippen molar-refractivity contribution in [3.8, 4) is 17.3 Å². The van der Waals surface area contributed by atoms with Crippen molar-refractivity contribution in [2.24, 2.45) is 0 Å². The van der Waals surface area contributed by atoms with Gasteiger partial charge in [-0.3, -0.25) is 18.9 Å². The molecule has 18 rings (SSSR count). The molecule has 0 radical (unpaired) electrons. The lowest BCUT2D eigenvalue weighted by atomic mass is 9.91. The van der Waals surface area contributed by atoms with Crippen molar-refractivity contribution in [3.63, 3.8) is 0 Å². The fraction of sp³-hybridized carbons (Fsp3) is 0.0244. The zero-order valence-electron chi connectivity index (χ0n) is 49.3. The average Bonchev–Trinajstić information content (AvgIpc) is 2.02. The number of anilines is 8. The highest BCUT2D eigenvalue weighted by Gasteiger charge is 2.37. The topological polar surface area (TPSA) is 50.3 Å². The van der Waals surface area contributed by atoms with Gasteiger partial charge in [0.05, 0.1) is 39.1 Å². The van der Waals surface area contributed by atoms with Crippen LogP contribution in [0.2, 0.25) is 0 Å². The third-order valence-corrected chi connectivity index (χ3v) is 19.2. The van der Waals surface area contributed by atoms with Gasteiger partial charge < -0.3 is 9.47 Å². The van der Waals surface area contributed by atoms with Crippen LogP contribution in [0.3, 0.4) is 0 Å². The maximum atomic E-state index is 5.58. The molecule has 0 amide bonds. The predicted octanol–water partition coefficient (Wildman–Crippen LogP) is 21.6. The monoisotopic (exact) mass is 1180 g/mol. The van der Waals surface area contributed by atoms with Gasteiger partial charge >= 0.3 is 0 Å². The lowest BCUT2D eigenvalue weighted by Gasteiger charge is -2.31. The summed E-state index contributed by atoms with van der Waals surface area (Å²) in [6, 6.07) is 109. The second-order valence-corrected chi connectivity index (χ2v) is 24.5. The van der Waals surface area contributed by atoms with Gasteiger partial charge in [-0.1, -0.05) is 188 Å². The number of para-hydroxylation sites is 7. The molecule has 0 fully saturated rings. The van der Waals surface area contributed by atoms with E-state index in [-0.39, 0.29) is 12.0 Å². The highest BCUT2D eigenvalue weighted by atomic mass is 32.2. The van der Waals surface area contributed by atoms with Crippen molar-refractivity contribution in [2.45, 2.75) is 21.8 Å². The van der Waals surface area contributed by atoms with Gasteiger partial charge in [0.2, 0.25) is 0 Å². The van der Waals surface area contributed by atoms with Crippen LogP contribution in [-0.4, -0.2) is 29.7 Å². The van der Waals surface area contributed by atoms with Gasteiger partial charge in [0.15, 0.2) is 0 Å². The highest BCUT2D eigenvalue weighted by Crippen LogP contribution is 2.49. The predicted molar refractivity (Wildman–Crippen MR) is 378 cm³/mol. The van der Waals surface area contributed by atoms with E-state index in [0.717, 1.165) is 100 Å². The summed E-state index contributed by atoms with van der Waals surface area (Å²) in [5.41, 5.74) is 15.5. The molecule has 2 unspecified atom stereocenters. The molecule has 91 heavy (non-hydrogen) atoms. The first kappa shape index (κ1) is 52.5. The molecule has 0 spiro atoms. The summed E-state index contributed by atoms with van der Waals surface area (Å²) in [5.74, 6) is 3.58. The zero-order chi connectivity index (χ0) is 59.9. The number of nitrogens with zero attached hydrogens (tertiary/aromatic N) is 8. The van der Waals surface area contributed by atoms with Crippen LogP contribution in [0.1, 0.15) is 11.5 Å². The molecule has 9 heteroatoms. The minimum absolute atomic E-state index is 0.167. The Kier molecular flexibility index (Phi) is 12.4. The van der Waals surface area contributed by atoms with E-state index in [4.69, 9.17) is 9.97 Å². The number of allylic oxidation sites excluding steroid dienone is 2. The van der Waals surface area contributed by atoms with Crippen LogP contribution >= 0.6 is 11.8 Å². The van der Waals surface area contributed by atoms with Crippen molar-refractivity contribution in [3.05, 3.63) is 333 Å². The molecule has 0 N–H and O–H groups in total. The number of aromatic nitrogens is 5. The number of rotatable bonds is 12. The third-order valence-electron chi connectivity index (χ3n) is 18.2. The smallest absolute Gasteiger partial charge is 0.140 e. The molecule has 1 aliphatic carbocycles. The molecule has 430 valence electrons. The lowest BCUT2D eigenvalue weighted by molar-refractivity contribution is 0.745. The molecule has 1 aliphatic heterocycles. The summed E-state index contributed by atoms with van der Waals surface area (Å²) in [5, 5.41) is 7.24. The molecule has 0 saturated heterocycles. The van der Waals surface area contributed by atoms with Crippen molar-refractivity contribution >= 4 is 123 Å². The zero-order valence-corrected chi connectivity index (χ0v) is 50.1. The summed E-state index contributed by atoms with van der Waals surface area (Å²) >= 11 is 1.75. The molecule has 8 nitrogen and oxygen atoms in total. The van der Waals surface area contributed by atoms with E-state index in [9.17, 15) is 0 Å². The number of fused-ring (bicyclic) bond motifs is 12. The van der Waals surface area contributed by atoms with Gasteiger partial charge in [-0.05, 0) is 157 Å². The Balaban J connectivity index is 0.717. The Morgan fingerprint density at radius 2 is 0.692 bits per heavy atom. The van der Waals surface area contributed by atoms with E-state index < -0.39 is 0 Å². The summed E-state index contributed by atoms with van der Waals surface area (Å²) in [7, 11) is 0. The molecular weight excluding hydrogens is 1130 g/mol. The summed E-state index contributed by atoms with van der Waals surface area (Å²) in [6.45, 7) is 0. The fourth-order valence-corrected chi connectivity index (χ4v) is 15.1. The van der Waals surface area contributed by atoms with Gasteiger partial charge in [-0.25, -0.2) is 9.97 Å². The van der Waals surface area contributed by atoms with Gasteiger partial charge in [0.1, 0.15) is 23.3 Å². The number of hydrogen-bond acceptors (Lipinski definition) is 6. The van der Waals surface area contributed by atoms with Crippen molar-refractivity contribution < 1.29 is 0 Å². The van der Waals surface area contributed by atoms with E-state index >= 15 is 0 Å². The minimum Gasteiger partial charge on any atom is -0.333 e. The normalized spacial score (nSPS) is 14.3.